The van der Waals surface area contributed by atoms with Gasteiger partial charge in [-0.2, -0.15) is 0 Å². The zero-order chi connectivity index (χ0) is 13.9. The van der Waals surface area contributed by atoms with Gasteiger partial charge in [0.05, 0.1) is 0 Å². The van der Waals surface area contributed by atoms with Crippen LogP contribution in [0.1, 0.15) is 40.0 Å². The fourth-order valence-electron chi connectivity index (χ4n) is 1.90. The number of ether oxygens (including phenoxy) is 1. The van der Waals surface area contributed by atoms with Gasteiger partial charge in [-0.1, -0.05) is 6.07 Å². The molecule has 0 heterocycles. The number of hydrogen-bond acceptors (Lipinski definition) is 3. The number of rotatable bonds is 3. The van der Waals surface area contributed by atoms with Crippen molar-refractivity contribution in [2.24, 2.45) is 0 Å². The Labute approximate surface area is 114 Å². The molecule has 1 aliphatic rings. The van der Waals surface area contributed by atoms with E-state index in [9.17, 15) is 4.79 Å². The average molecular weight is 262 g/mol. The molecule has 1 aliphatic carbocycles. The van der Waals surface area contributed by atoms with Crippen molar-refractivity contribution in [3.63, 3.8) is 0 Å². The van der Waals surface area contributed by atoms with Crippen LogP contribution in [0.15, 0.2) is 24.3 Å². The monoisotopic (exact) mass is 262 g/mol. The van der Waals surface area contributed by atoms with Gasteiger partial charge in [0.25, 0.3) is 0 Å². The van der Waals surface area contributed by atoms with Gasteiger partial charge < -0.3 is 10.1 Å². The molecule has 1 saturated carbocycles. The molecular weight excluding hydrogens is 240 g/mol. The fraction of sp³-hybridized carbons (Fsp3) is 0.533. The summed E-state index contributed by atoms with van der Waals surface area (Å²) in [5.41, 5.74) is 1.31. The van der Waals surface area contributed by atoms with E-state index in [1.807, 2.05) is 45.0 Å². The van der Waals surface area contributed by atoms with Crippen LogP contribution < -0.4 is 10.6 Å². The largest absolute Gasteiger partial charge is 0.444 e. The lowest BCUT2D eigenvalue weighted by atomic mass is 9.93. The van der Waals surface area contributed by atoms with Gasteiger partial charge >= 0.3 is 6.09 Å². The van der Waals surface area contributed by atoms with Crippen LogP contribution in [0.25, 0.3) is 0 Å². The van der Waals surface area contributed by atoms with Gasteiger partial charge in [-0.15, -0.1) is 0 Å². The second kappa shape index (κ2) is 5.51. The molecule has 0 radical (unpaired) electrons. The number of hydrogen-bond donors (Lipinski definition) is 2. The maximum atomic E-state index is 11.7. The van der Waals surface area contributed by atoms with E-state index >= 15 is 0 Å². The summed E-state index contributed by atoms with van der Waals surface area (Å²) in [5.74, 6) is 0. The van der Waals surface area contributed by atoms with Crippen LogP contribution in [0.3, 0.4) is 0 Å². The quantitative estimate of drug-likeness (QED) is 0.865. The van der Waals surface area contributed by atoms with Gasteiger partial charge in [-0.25, -0.2) is 4.79 Å². The van der Waals surface area contributed by atoms with Crippen molar-refractivity contribution in [1.29, 1.82) is 0 Å². The van der Waals surface area contributed by atoms with E-state index < -0.39 is 11.7 Å². The van der Waals surface area contributed by atoms with Crippen molar-refractivity contribution < 1.29 is 9.53 Å². The number of carbonyl (C=O) groups excluding carboxylic acids is 1. The van der Waals surface area contributed by atoms with Gasteiger partial charge in [-0.05, 0) is 58.2 Å². The molecule has 1 amide bonds. The molecule has 4 nitrogen and oxygen atoms in total. The van der Waals surface area contributed by atoms with Crippen LogP contribution in [0.4, 0.5) is 16.2 Å². The lowest BCUT2D eigenvalue weighted by molar-refractivity contribution is 0.0636. The molecule has 0 bridgehead atoms. The Hall–Kier alpha value is -1.71. The van der Waals surface area contributed by atoms with E-state index in [1.54, 1.807) is 0 Å². The minimum Gasteiger partial charge on any atom is -0.444 e. The van der Waals surface area contributed by atoms with Crippen LogP contribution in [0, 0.1) is 0 Å². The number of amides is 1. The summed E-state index contributed by atoms with van der Waals surface area (Å²) in [5, 5.41) is 6.20. The highest BCUT2D eigenvalue weighted by molar-refractivity contribution is 5.85. The first-order valence-corrected chi connectivity index (χ1v) is 6.79. The zero-order valence-corrected chi connectivity index (χ0v) is 11.8. The number of carbonyl (C=O) groups is 1. The van der Waals surface area contributed by atoms with E-state index in [0.717, 1.165) is 11.4 Å². The molecule has 1 aromatic rings. The highest BCUT2D eigenvalue weighted by Gasteiger charge is 2.18. The van der Waals surface area contributed by atoms with Gasteiger partial charge in [0.2, 0.25) is 0 Å². The predicted octanol–water partition coefficient (Wildman–Crippen LogP) is 4.00. The number of nitrogens with one attached hydrogen (secondary N) is 2. The summed E-state index contributed by atoms with van der Waals surface area (Å²) < 4.78 is 5.22. The van der Waals surface area contributed by atoms with Crippen molar-refractivity contribution in [2.75, 3.05) is 10.6 Å². The summed E-state index contributed by atoms with van der Waals surface area (Å²) in [4.78, 5) is 11.7. The fourth-order valence-corrected chi connectivity index (χ4v) is 1.90. The minimum absolute atomic E-state index is 0.423. The number of anilines is 2. The molecular formula is C15H22N2O2. The molecule has 0 atom stereocenters. The normalized spacial score (nSPS) is 15.5. The Bertz CT molecular complexity index is 448. The van der Waals surface area contributed by atoms with Crippen molar-refractivity contribution in [3.8, 4) is 0 Å². The van der Waals surface area contributed by atoms with Crippen LogP contribution >= 0.6 is 0 Å². The molecule has 0 aliphatic heterocycles. The molecule has 1 aromatic carbocycles. The molecule has 19 heavy (non-hydrogen) atoms. The molecule has 0 spiro atoms. The molecule has 1 fully saturated rings. The molecule has 0 aromatic heterocycles. The van der Waals surface area contributed by atoms with Crippen LogP contribution in [-0.2, 0) is 4.74 Å². The van der Waals surface area contributed by atoms with Crippen molar-refractivity contribution in [1.82, 2.24) is 0 Å². The topological polar surface area (TPSA) is 50.4 Å². The van der Waals surface area contributed by atoms with Crippen molar-refractivity contribution in [3.05, 3.63) is 24.3 Å². The van der Waals surface area contributed by atoms with E-state index in [4.69, 9.17) is 4.74 Å². The Morgan fingerprint density at radius 3 is 2.53 bits per heavy atom. The lowest BCUT2D eigenvalue weighted by Gasteiger charge is -2.27. The third-order valence-corrected chi connectivity index (χ3v) is 2.98. The molecule has 2 N–H and O–H groups in total. The highest BCUT2D eigenvalue weighted by atomic mass is 16.6. The maximum Gasteiger partial charge on any atom is 0.412 e. The third-order valence-electron chi connectivity index (χ3n) is 2.98. The zero-order valence-electron chi connectivity index (χ0n) is 11.8. The summed E-state index contributed by atoms with van der Waals surface area (Å²) in [6.07, 6.45) is 3.33. The Morgan fingerprint density at radius 1 is 1.26 bits per heavy atom. The average Bonchev–Trinajstić information content (AvgIpc) is 2.21. The summed E-state index contributed by atoms with van der Waals surface area (Å²) in [6.45, 7) is 5.55. The maximum absolute atomic E-state index is 11.7. The summed E-state index contributed by atoms with van der Waals surface area (Å²) >= 11 is 0. The number of benzene rings is 1. The second-order valence-electron chi connectivity index (χ2n) is 5.98. The van der Waals surface area contributed by atoms with E-state index in [0.29, 0.717) is 6.04 Å². The predicted molar refractivity (Wildman–Crippen MR) is 77.6 cm³/mol. The van der Waals surface area contributed by atoms with Crippen LogP contribution in [-0.4, -0.2) is 17.7 Å². The minimum atomic E-state index is -0.480. The first kappa shape index (κ1) is 13.7. The first-order chi connectivity index (χ1) is 8.92. The van der Waals surface area contributed by atoms with Gasteiger partial charge in [-0.3, -0.25) is 5.32 Å². The van der Waals surface area contributed by atoms with E-state index in [2.05, 4.69) is 10.6 Å². The van der Waals surface area contributed by atoms with Gasteiger partial charge in [0.15, 0.2) is 0 Å². The second-order valence-corrected chi connectivity index (χ2v) is 5.98. The lowest BCUT2D eigenvalue weighted by Crippen LogP contribution is -2.28. The first-order valence-electron chi connectivity index (χ1n) is 6.79. The summed E-state index contributed by atoms with van der Waals surface area (Å²) in [6, 6.07) is 8.31. The molecule has 0 saturated heterocycles. The Balaban J connectivity index is 1.92. The highest BCUT2D eigenvalue weighted by Crippen LogP contribution is 2.24. The third kappa shape index (κ3) is 4.47. The summed E-state index contributed by atoms with van der Waals surface area (Å²) in [7, 11) is 0. The van der Waals surface area contributed by atoms with Gasteiger partial charge in [0, 0.05) is 17.4 Å². The molecule has 0 unspecified atom stereocenters. The van der Waals surface area contributed by atoms with E-state index in [1.165, 1.54) is 19.3 Å². The van der Waals surface area contributed by atoms with Crippen molar-refractivity contribution in [2.45, 2.75) is 51.7 Å². The van der Waals surface area contributed by atoms with Crippen LogP contribution in [0.5, 0.6) is 0 Å². The molecule has 4 heteroatoms. The van der Waals surface area contributed by atoms with E-state index in [-0.39, 0.29) is 0 Å². The Morgan fingerprint density at radius 2 is 1.95 bits per heavy atom. The standard InChI is InChI=1S/C15H22N2O2/c1-15(2,3)19-14(18)17-13-9-5-8-12(10-13)16-11-6-4-7-11/h5,8-11,16H,4,6-7H2,1-3H3,(H,17,18). The molecule has 104 valence electrons. The SMILES string of the molecule is CC(C)(C)OC(=O)Nc1cccc(NC2CCC2)c1. The smallest absolute Gasteiger partial charge is 0.412 e. The van der Waals surface area contributed by atoms with Crippen molar-refractivity contribution >= 4 is 17.5 Å². The van der Waals surface area contributed by atoms with Crippen LogP contribution in [0.2, 0.25) is 0 Å². The van der Waals surface area contributed by atoms with Gasteiger partial charge in [0.1, 0.15) is 5.60 Å². The molecule has 2 rings (SSSR count). The Kier molecular flexibility index (Phi) is 3.98.